The quantitative estimate of drug-likeness (QED) is 0.412. The fourth-order valence-corrected chi connectivity index (χ4v) is 0. The zero-order valence-electron chi connectivity index (χ0n) is 3.81. The fourth-order valence-electron chi connectivity index (χ4n) is 0. The molecule has 0 atom stereocenters. The van der Waals surface area contributed by atoms with Gasteiger partial charge in [0.1, 0.15) is 0 Å². The third-order valence-electron chi connectivity index (χ3n) is 0. The number of rotatable bonds is 0. The van der Waals surface area contributed by atoms with Crippen LogP contribution in [0, 0.1) is 0 Å². The van der Waals surface area contributed by atoms with E-state index in [9.17, 15) is 0 Å². The molecule has 3 radical (unpaired) electrons. The van der Waals surface area contributed by atoms with E-state index in [-0.39, 0.29) is 63.2 Å². The van der Waals surface area contributed by atoms with Crippen LogP contribution in [0.25, 0.3) is 0 Å². The van der Waals surface area contributed by atoms with Gasteiger partial charge in [-0.15, -0.1) is 0 Å². The first kappa shape index (κ1) is 23.1. The summed E-state index contributed by atoms with van der Waals surface area (Å²) in [4.78, 5) is 0. The molecule has 0 aliphatic heterocycles. The summed E-state index contributed by atoms with van der Waals surface area (Å²) < 4.78 is 0. The number of hydrogen-bond acceptors (Lipinski definition) is 3. The Morgan fingerprint density at radius 2 is 1.00 bits per heavy atom. The molecule has 0 aromatic carbocycles. The van der Waals surface area contributed by atoms with Gasteiger partial charge >= 0.3 is 63.2 Å². The van der Waals surface area contributed by atoms with Gasteiger partial charge < -0.3 is 15.1 Å². The summed E-state index contributed by atoms with van der Waals surface area (Å²) in [7, 11) is -2.92. The van der Waals surface area contributed by atoms with E-state index in [0.29, 0.717) is 0 Å². The van der Waals surface area contributed by atoms with Gasteiger partial charge in [-0.2, -0.15) is 0 Å². The van der Waals surface area contributed by atoms with Gasteiger partial charge in [0.05, 0.1) is 0 Å². The molecule has 0 saturated carbocycles. The van der Waals surface area contributed by atoms with Gasteiger partial charge in [-0.3, -0.25) is 7.32 Å². The van der Waals surface area contributed by atoms with Crippen molar-refractivity contribution in [1.82, 2.24) is 0 Å². The Bertz CT molecular complexity index is 19.7. The molecule has 0 rings (SSSR count). The van der Waals surface area contributed by atoms with E-state index in [0.717, 1.165) is 0 Å². The maximum atomic E-state index is 8.42. The summed E-state index contributed by atoms with van der Waals surface area (Å²) in [6.07, 6.45) is 0. The van der Waals surface area contributed by atoms with E-state index in [2.05, 4.69) is 0 Å². The molecule has 0 aliphatic carbocycles. The SMILES string of the molecule is [Cu+2].[Li+].[O-]B([O-])[O-].[PbH2]. The van der Waals surface area contributed by atoms with Crippen LogP contribution in [0.1, 0.15) is 0 Å². The van der Waals surface area contributed by atoms with Crippen LogP contribution in [-0.2, 0) is 17.1 Å². The summed E-state index contributed by atoms with van der Waals surface area (Å²) in [5.41, 5.74) is 0. The van der Waals surface area contributed by atoms with Crippen LogP contribution in [0.3, 0.4) is 0 Å². The predicted octanol–water partition coefficient (Wildman–Crippen LogP) is -7.86. The molecule has 0 aromatic rings. The second-order valence-electron chi connectivity index (χ2n) is 0.289. The molecular formula is H2BCuLiO3Pb. The Labute approximate surface area is 84.9 Å². The van der Waals surface area contributed by atoms with Crippen LogP contribution < -0.4 is 33.9 Å². The Morgan fingerprint density at radius 3 is 1.00 bits per heavy atom. The van der Waals surface area contributed by atoms with Crippen molar-refractivity contribution in [3.05, 3.63) is 0 Å². The second kappa shape index (κ2) is 15.7. The fraction of sp³-hybridized carbons (Fsp3) is 0. The topological polar surface area (TPSA) is 69.2 Å². The Hall–Kier alpha value is 1.98. The Kier molecular flexibility index (Phi) is 51.6. The molecule has 7 heteroatoms. The van der Waals surface area contributed by atoms with E-state index < -0.39 is 7.32 Å². The van der Waals surface area contributed by atoms with Crippen LogP contribution in [-0.4, -0.2) is 34.6 Å². The van der Waals surface area contributed by atoms with Gasteiger partial charge in [-0.1, -0.05) is 0 Å². The Balaban J connectivity index is -0.0000000150. The van der Waals surface area contributed by atoms with Crippen LogP contribution >= 0.6 is 0 Å². The molecule has 0 bridgehead atoms. The van der Waals surface area contributed by atoms with E-state index in [1.807, 2.05) is 0 Å². The molecule has 0 unspecified atom stereocenters. The van der Waals surface area contributed by atoms with Crippen molar-refractivity contribution in [2.45, 2.75) is 0 Å². The van der Waals surface area contributed by atoms with Crippen molar-refractivity contribution in [2.24, 2.45) is 0 Å². The zero-order chi connectivity index (χ0) is 3.58. The predicted molar refractivity (Wildman–Crippen MR) is 14.3 cm³/mol. The minimum atomic E-state index is -2.92. The first-order valence-corrected chi connectivity index (χ1v) is 0.707. The van der Waals surface area contributed by atoms with E-state index in [1.54, 1.807) is 0 Å². The molecule has 0 aliphatic rings. The molecular weight excluding hydrogens is 336 g/mol. The van der Waals surface area contributed by atoms with Crippen molar-refractivity contribution < 1.29 is 51.0 Å². The van der Waals surface area contributed by atoms with Crippen molar-refractivity contribution in [2.75, 3.05) is 0 Å². The van der Waals surface area contributed by atoms with Crippen LogP contribution in [0.2, 0.25) is 0 Å². The minimum absolute atomic E-state index is 0. The summed E-state index contributed by atoms with van der Waals surface area (Å²) in [6, 6.07) is 0. The first-order chi connectivity index (χ1) is 1.73. The molecule has 0 fully saturated rings. The zero-order valence-corrected chi connectivity index (χ0v) is 10.3. The van der Waals surface area contributed by atoms with Gasteiger partial charge in [0.15, 0.2) is 0 Å². The molecule has 0 N–H and O–H groups in total. The Morgan fingerprint density at radius 1 is 1.00 bits per heavy atom. The third-order valence-corrected chi connectivity index (χ3v) is 0. The number of hydrogen-bond donors (Lipinski definition) is 0. The molecule has 0 aromatic heterocycles. The van der Waals surface area contributed by atoms with Gasteiger partial charge in [-0.05, 0) is 0 Å². The van der Waals surface area contributed by atoms with Gasteiger partial charge in [-0.25, -0.2) is 0 Å². The van der Waals surface area contributed by atoms with Gasteiger partial charge in [0, 0.05) is 0 Å². The first-order valence-electron chi connectivity index (χ1n) is 0.707. The van der Waals surface area contributed by atoms with Gasteiger partial charge in [0.25, 0.3) is 0 Å². The van der Waals surface area contributed by atoms with E-state index in [1.165, 1.54) is 0 Å². The molecule has 0 spiro atoms. The van der Waals surface area contributed by atoms with E-state index >= 15 is 0 Å². The summed E-state index contributed by atoms with van der Waals surface area (Å²) >= 11 is 0. The summed E-state index contributed by atoms with van der Waals surface area (Å²) in [5.74, 6) is 0. The molecule has 39 valence electrons. The van der Waals surface area contributed by atoms with Crippen molar-refractivity contribution in [1.29, 1.82) is 0 Å². The normalized spacial score (nSPS) is 3.86. The van der Waals surface area contributed by atoms with Crippen LogP contribution in [0.4, 0.5) is 0 Å². The van der Waals surface area contributed by atoms with E-state index in [4.69, 9.17) is 15.1 Å². The summed E-state index contributed by atoms with van der Waals surface area (Å²) in [6.45, 7) is 0. The van der Waals surface area contributed by atoms with Crippen molar-refractivity contribution in [3.8, 4) is 0 Å². The maximum absolute atomic E-state index is 8.42. The second-order valence-corrected chi connectivity index (χ2v) is 0.289. The molecule has 0 heterocycles. The van der Waals surface area contributed by atoms with Crippen molar-refractivity contribution in [3.63, 3.8) is 0 Å². The molecule has 3 nitrogen and oxygen atoms in total. The molecule has 0 saturated heterocycles. The van der Waals surface area contributed by atoms with Gasteiger partial charge in [0.2, 0.25) is 0 Å². The average Bonchev–Trinajstić information content (AvgIpc) is 0.811. The summed E-state index contributed by atoms with van der Waals surface area (Å²) in [5, 5.41) is 25.2. The molecule has 7 heavy (non-hydrogen) atoms. The van der Waals surface area contributed by atoms with Crippen molar-refractivity contribution >= 4 is 34.6 Å². The average molecular weight is 339 g/mol. The third kappa shape index (κ3) is 72.6. The standard InChI is InChI=1S/BO3.Cu.Li.Pb.2H/c2-1(3)4;;;;;/q-3;+2;+1;;;. The molecule has 0 amide bonds. The van der Waals surface area contributed by atoms with Crippen LogP contribution in [0.15, 0.2) is 0 Å². The van der Waals surface area contributed by atoms with Crippen LogP contribution in [0.5, 0.6) is 0 Å². The monoisotopic (exact) mass is 339 g/mol.